The first-order chi connectivity index (χ1) is 7.16. The van der Waals surface area contributed by atoms with E-state index in [0.717, 1.165) is 27.2 Å². The molecule has 0 bridgehead atoms. The van der Waals surface area contributed by atoms with Gasteiger partial charge in [-0.2, -0.15) is 0 Å². The third-order valence-electron chi connectivity index (χ3n) is 2.32. The van der Waals surface area contributed by atoms with Gasteiger partial charge in [-0.05, 0) is 37.9 Å². The van der Waals surface area contributed by atoms with E-state index in [1.54, 1.807) is 0 Å². The van der Waals surface area contributed by atoms with Crippen molar-refractivity contribution < 1.29 is 4.79 Å². The van der Waals surface area contributed by atoms with Crippen LogP contribution in [0.2, 0.25) is 0 Å². The summed E-state index contributed by atoms with van der Waals surface area (Å²) in [6, 6.07) is 1.84. The van der Waals surface area contributed by atoms with Gasteiger partial charge in [0.1, 0.15) is 0 Å². The molecule has 0 unspecified atom stereocenters. The van der Waals surface area contributed by atoms with Crippen molar-refractivity contribution in [1.29, 1.82) is 0 Å². The Bertz CT molecular complexity index is 376. The molecular weight excluding hydrogens is 344 g/mol. The van der Waals surface area contributed by atoms with E-state index in [0.29, 0.717) is 11.5 Å². The molecule has 6 heteroatoms. The summed E-state index contributed by atoms with van der Waals surface area (Å²) in [5, 5.41) is 6.11. The second-order valence-corrected chi connectivity index (χ2v) is 7.22. The minimum absolute atomic E-state index is 0.00396. The van der Waals surface area contributed by atoms with Gasteiger partial charge in [0.2, 0.25) is 0 Å². The third-order valence-corrected chi connectivity index (χ3v) is 4.66. The predicted molar refractivity (Wildman–Crippen MR) is 68.4 cm³/mol. The van der Waals surface area contributed by atoms with Crippen molar-refractivity contribution in [3.63, 3.8) is 0 Å². The summed E-state index contributed by atoms with van der Waals surface area (Å²) in [5.74, 6) is 0.588. The zero-order valence-electron chi connectivity index (χ0n) is 7.85. The smallest absolute Gasteiger partial charge is 0.253 e. The van der Waals surface area contributed by atoms with E-state index >= 15 is 0 Å². The van der Waals surface area contributed by atoms with Crippen LogP contribution in [0.3, 0.4) is 0 Å². The van der Waals surface area contributed by atoms with Crippen LogP contribution in [0.1, 0.15) is 10.4 Å². The number of nitrogens with one attached hydrogen (secondary N) is 2. The quantitative estimate of drug-likeness (QED) is 0.874. The highest BCUT2D eigenvalue weighted by Gasteiger charge is 2.19. The van der Waals surface area contributed by atoms with Gasteiger partial charge in [0.15, 0.2) is 0 Å². The summed E-state index contributed by atoms with van der Waals surface area (Å²) in [7, 11) is 0. The standard InChI is InChI=1S/C9H10Br2N2OS/c10-7-1-6(8(11)15-7)9(14)13-4-5-2-12-3-5/h1,5,12H,2-4H2,(H,13,14). The largest absolute Gasteiger partial charge is 0.352 e. The van der Waals surface area contributed by atoms with Gasteiger partial charge in [0.05, 0.1) is 13.1 Å². The highest BCUT2D eigenvalue weighted by molar-refractivity contribution is 9.12. The summed E-state index contributed by atoms with van der Waals surface area (Å²) in [4.78, 5) is 11.7. The molecule has 3 nitrogen and oxygen atoms in total. The van der Waals surface area contributed by atoms with E-state index in [2.05, 4.69) is 42.5 Å². The molecule has 0 aliphatic carbocycles. The van der Waals surface area contributed by atoms with E-state index in [1.807, 2.05) is 6.07 Å². The number of hydrogen-bond donors (Lipinski definition) is 2. The van der Waals surface area contributed by atoms with Gasteiger partial charge in [-0.15, -0.1) is 11.3 Å². The van der Waals surface area contributed by atoms with Crippen LogP contribution in [0.4, 0.5) is 0 Å². The van der Waals surface area contributed by atoms with Crippen LogP contribution < -0.4 is 10.6 Å². The maximum absolute atomic E-state index is 11.7. The van der Waals surface area contributed by atoms with Gasteiger partial charge >= 0.3 is 0 Å². The van der Waals surface area contributed by atoms with Crippen LogP contribution in [-0.4, -0.2) is 25.5 Å². The van der Waals surface area contributed by atoms with Gasteiger partial charge in [0, 0.05) is 25.6 Å². The lowest BCUT2D eigenvalue weighted by atomic mass is 10.0. The molecule has 2 N–H and O–H groups in total. The first-order valence-corrected chi connectivity index (χ1v) is 7.01. The molecule has 0 aromatic carbocycles. The van der Waals surface area contributed by atoms with Crippen molar-refractivity contribution in [3.05, 3.63) is 19.2 Å². The molecule has 0 atom stereocenters. The Kier molecular flexibility index (Phi) is 3.82. The van der Waals surface area contributed by atoms with Crippen molar-refractivity contribution in [2.45, 2.75) is 0 Å². The first-order valence-electron chi connectivity index (χ1n) is 4.60. The summed E-state index contributed by atoms with van der Waals surface area (Å²) >= 11 is 8.24. The zero-order valence-corrected chi connectivity index (χ0v) is 11.8. The molecule has 2 heterocycles. The topological polar surface area (TPSA) is 41.1 Å². The SMILES string of the molecule is O=C(NCC1CNC1)c1cc(Br)sc1Br. The summed E-state index contributed by atoms with van der Waals surface area (Å²) in [6.07, 6.45) is 0. The molecule has 1 aromatic rings. The molecule has 0 spiro atoms. The van der Waals surface area contributed by atoms with Gasteiger partial charge < -0.3 is 10.6 Å². The van der Waals surface area contributed by atoms with Crippen molar-refractivity contribution in [1.82, 2.24) is 10.6 Å². The van der Waals surface area contributed by atoms with Crippen LogP contribution in [0, 0.1) is 5.92 Å². The minimum Gasteiger partial charge on any atom is -0.352 e. The lowest BCUT2D eigenvalue weighted by molar-refractivity contribution is 0.0942. The molecule has 15 heavy (non-hydrogen) atoms. The fourth-order valence-electron chi connectivity index (χ4n) is 1.32. The average Bonchev–Trinajstić information content (AvgIpc) is 2.42. The number of hydrogen-bond acceptors (Lipinski definition) is 3. The monoisotopic (exact) mass is 352 g/mol. The Hall–Kier alpha value is 0.0900. The molecule has 2 rings (SSSR count). The highest BCUT2D eigenvalue weighted by Crippen LogP contribution is 2.31. The molecule has 1 saturated heterocycles. The van der Waals surface area contributed by atoms with Crippen molar-refractivity contribution in [3.8, 4) is 0 Å². The number of carbonyl (C=O) groups is 1. The molecule has 1 aliphatic rings. The van der Waals surface area contributed by atoms with E-state index in [4.69, 9.17) is 0 Å². The van der Waals surface area contributed by atoms with Crippen LogP contribution in [0.5, 0.6) is 0 Å². The second-order valence-electron chi connectivity index (χ2n) is 3.47. The fourth-order valence-corrected chi connectivity index (χ4v) is 4.11. The molecule has 0 radical (unpaired) electrons. The molecule has 1 fully saturated rings. The maximum atomic E-state index is 11.7. The van der Waals surface area contributed by atoms with E-state index in [-0.39, 0.29) is 5.91 Å². The normalized spacial score (nSPS) is 16.1. The zero-order chi connectivity index (χ0) is 10.8. The number of thiophene rings is 1. The molecular formula is C9H10Br2N2OS. The lowest BCUT2D eigenvalue weighted by Crippen LogP contribution is -2.48. The maximum Gasteiger partial charge on any atom is 0.253 e. The first kappa shape index (κ1) is 11.6. The van der Waals surface area contributed by atoms with Gasteiger partial charge in [-0.25, -0.2) is 0 Å². The Morgan fingerprint density at radius 1 is 1.60 bits per heavy atom. The van der Waals surface area contributed by atoms with Crippen molar-refractivity contribution in [2.24, 2.45) is 5.92 Å². The van der Waals surface area contributed by atoms with E-state index in [9.17, 15) is 4.79 Å². The predicted octanol–water partition coefficient (Wildman–Crippen LogP) is 2.22. The van der Waals surface area contributed by atoms with Crippen LogP contribution >= 0.6 is 43.2 Å². The third kappa shape index (κ3) is 2.81. The molecule has 1 amide bonds. The molecule has 1 aromatic heterocycles. The van der Waals surface area contributed by atoms with E-state index in [1.165, 1.54) is 11.3 Å². The number of rotatable bonds is 3. The number of halogens is 2. The Labute approximate surface area is 109 Å². The van der Waals surface area contributed by atoms with Gasteiger partial charge in [0.25, 0.3) is 5.91 Å². The van der Waals surface area contributed by atoms with Crippen LogP contribution in [-0.2, 0) is 0 Å². The summed E-state index contributed by atoms with van der Waals surface area (Å²) in [5.41, 5.74) is 0.708. The average molecular weight is 354 g/mol. The Morgan fingerprint density at radius 3 is 2.80 bits per heavy atom. The summed E-state index contributed by atoms with van der Waals surface area (Å²) < 4.78 is 1.84. The van der Waals surface area contributed by atoms with Crippen molar-refractivity contribution >= 4 is 49.1 Å². The number of amides is 1. The second kappa shape index (κ2) is 4.95. The Morgan fingerprint density at radius 2 is 2.33 bits per heavy atom. The number of carbonyl (C=O) groups excluding carboxylic acids is 1. The fraction of sp³-hybridized carbons (Fsp3) is 0.444. The van der Waals surface area contributed by atoms with E-state index < -0.39 is 0 Å². The van der Waals surface area contributed by atoms with Crippen LogP contribution in [0.15, 0.2) is 13.6 Å². The highest BCUT2D eigenvalue weighted by atomic mass is 79.9. The van der Waals surface area contributed by atoms with Gasteiger partial charge in [-0.1, -0.05) is 0 Å². The summed E-state index contributed by atoms with van der Waals surface area (Å²) in [6.45, 7) is 2.77. The molecule has 0 saturated carbocycles. The molecule has 82 valence electrons. The Balaban J connectivity index is 1.92. The minimum atomic E-state index is -0.00396. The molecule has 1 aliphatic heterocycles. The van der Waals surface area contributed by atoms with Gasteiger partial charge in [-0.3, -0.25) is 4.79 Å². The van der Waals surface area contributed by atoms with Crippen LogP contribution in [0.25, 0.3) is 0 Å². The lowest BCUT2D eigenvalue weighted by Gasteiger charge is -2.26. The van der Waals surface area contributed by atoms with Crippen molar-refractivity contribution in [2.75, 3.05) is 19.6 Å².